The zero-order valence-electron chi connectivity index (χ0n) is 28.1. The Labute approximate surface area is 260 Å². The summed E-state index contributed by atoms with van der Waals surface area (Å²) >= 11 is 0. The van der Waals surface area contributed by atoms with Gasteiger partial charge in [0.2, 0.25) is 5.95 Å². The lowest BCUT2D eigenvalue weighted by atomic mass is 9.93. The van der Waals surface area contributed by atoms with Crippen molar-refractivity contribution in [3.63, 3.8) is 0 Å². The number of alkyl carbamates (subject to hydrolysis) is 1. The summed E-state index contributed by atoms with van der Waals surface area (Å²) in [5.41, 5.74) is 4.44. The highest BCUT2D eigenvalue weighted by Gasteiger charge is 2.44. The molecule has 5 heterocycles. The number of aromatic nitrogens is 4. The van der Waals surface area contributed by atoms with Gasteiger partial charge in [0.15, 0.2) is 0 Å². The number of hydrogen-bond donors (Lipinski definition) is 1. The van der Waals surface area contributed by atoms with Gasteiger partial charge in [-0.25, -0.2) is 19.7 Å². The number of imidazole rings is 1. The zero-order valence-corrected chi connectivity index (χ0v) is 25.1. The first-order valence-corrected chi connectivity index (χ1v) is 14.8. The molecule has 2 aromatic heterocycles. The summed E-state index contributed by atoms with van der Waals surface area (Å²) in [6.45, 7) is 5.88. The standard InChI is InChI=1S/C34H35N7O3/c1-6-8-20-9-7-10-24-29(20)27-16-28(39(5)31(24)42)30-38-25-12-11-21(15-26(25)41(27)30)22-17-35-32(36-18-22)40-14-13-23(19-40)37-33(43)44-34(2,3)4/h7,9-12,15,17-18,23,27-28H,13-14,16,19H2,1-5H3,(H,37,43)/t23-,27-,28-/m1/s1/i5D3. The molecule has 3 aliphatic rings. The van der Waals surface area contributed by atoms with Crippen molar-refractivity contribution in [2.45, 2.75) is 64.3 Å². The van der Waals surface area contributed by atoms with Crippen molar-refractivity contribution in [3.05, 3.63) is 71.3 Å². The van der Waals surface area contributed by atoms with Crippen molar-refractivity contribution in [2.75, 3.05) is 25.0 Å². The van der Waals surface area contributed by atoms with Crippen LogP contribution in [0.25, 0.3) is 22.2 Å². The summed E-state index contributed by atoms with van der Waals surface area (Å²) in [5.74, 6) is 6.67. The lowest BCUT2D eigenvalue weighted by molar-refractivity contribution is 0.0508. The molecule has 0 spiro atoms. The molecule has 224 valence electrons. The Bertz CT molecular complexity index is 1970. The van der Waals surface area contributed by atoms with Crippen LogP contribution < -0.4 is 10.2 Å². The Morgan fingerprint density at radius 2 is 1.95 bits per heavy atom. The van der Waals surface area contributed by atoms with Crippen molar-refractivity contribution >= 4 is 29.0 Å². The third-order valence-electron chi connectivity index (χ3n) is 8.40. The molecular formula is C34H35N7O3. The lowest BCUT2D eigenvalue weighted by Gasteiger charge is -2.24. The second-order valence-corrected chi connectivity index (χ2v) is 12.5. The molecule has 4 aromatic rings. The van der Waals surface area contributed by atoms with E-state index in [2.05, 4.69) is 31.7 Å². The third-order valence-corrected chi connectivity index (χ3v) is 8.40. The third kappa shape index (κ3) is 4.73. The number of amides is 2. The molecular weight excluding hydrogens is 554 g/mol. The average molecular weight is 593 g/mol. The number of nitrogens with one attached hydrogen (secondary N) is 1. The molecule has 44 heavy (non-hydrogen) atoms. The van der Waals surface area contributed by atoms with Crippen LogP contribution in [0.3, 0.4) is 0 Å². The largest absolute Gasteiger partial charge is 0.444 e. The Balaban J connectivity index is 1.21. The van der Waals surface area contributed by atoms with Gasteiger partial charge in [0.05, 0.1) is 29.2 Å². The predicted octanol–water partition coefficient (Wildman–Crippen LogP) is 5.09. The summed E-state index contributed by atoms with van der Waals surface area (Å²) < 4.78 is 32.3. The minimum Gasteiger partial charge on any atom is -0.444 e. The minimum atomic E-state index is -2.65. The number of benzene rings is 2. The van der Waals surface area contributed by atoms with E-state index in [1.54, 1.807) is 31.5 Å². The number of nitrogens with zero attached hydrogens (tertiary/aromatic N) is 6. The molecule has 0 unspecified atom stereocenters. The van der Waals surface area contributed by atoms with Crippen LogP contribution in [0.1, 0.15) is 84.0 Å². The quantitative estimate of drug-likeness (QED) is 0.331. The van der Waals surface area contributed by atoms with E-state index in [4.69, 9.17) is 13.8 Å². The van der Waals surface area contributed by atoms with Crippen LogP contribution in [-0.4, -0.2) is 68.1 Å². The topological polar surface area (TPSA) is 105 Å². The van der Waals surface area contributed by atoms with Gasteiger partial charge < -0.3 is 24.4 Å². The Hall–Kier alpha value is -4.91. The fourth-order valence-electron chi connectivity index (χ4n) is 6.54. The predicted molar refractivity (Wildman–Crippen MR) is 167 cm³/mol. The minimum absolute atomic E-state index is 0.0615. The van der Waals surface area contributed by atoms with Crippen LogP contribution in [0.15, 0.2) is 48.8 Å². The van der Waals surface area contributed by atoms with Crippen LogP contribution in [0.2, 0.25) is 0 Å². The number of carbonyl (C=O) groups excluding carboxylic acids is 2. The summed E-state index contributed by atoms with van der Waals surface area (Å²) in [6.07, 6.45) is 4.27. The maximum absolute atomic E-state index is 13.8. The first kappa shape index (κ1) is 24.5. The van der Waals surface area contributed by atoms with Crippen molar-refractivity contribution in [1.29, 1.82) is 0 Å². The molecule has 1 fully saturated rings. The van der Waals surface area contributed by atoms with Gasteiger partial charge in [-0.15, -0.1) is 5.92 Å². The monoisotopic (exact) mass is 592 g/mol. The molecule has 3 aliphatic heterocycles. The first-order valence-electron chi connectivity index (χ1n) is 16.3. The zero-order chi connectivity index (χ0) is 33.2. The molecule has 1 N–H and O–H groups in total. The SMILES string of the molecule is [2H]C([2H])([2H])N1C(=O)c2cccc(C#CC)c2[C@H]2C[C@@H]1c1nc3ccc(-c4cnc(N5CC[C@@H](NC(=O)OC(C)(C)C)C5)nc4)cc3n12. The number of ether oxygens (including phenoxy) is 1. The summed E-state index contributed by atoms with van der Waals surface area (Å²) in [5, 5.41) is 2.93. The van der Waals surface area contributed by atoms with Crippen molar-refractivity contribution in [3.8, 4) is 23.0 Å². The van der Waals surface area contributed by atoms with Crippen molar-refractivity contribution in [1.82, 2.24) is 29.7 Å². The first-order chi connectivity index (χ1) is 22.3. The Morgan fingerprint density at radius 1 is 1.14 bits per heavy atom. The molecule has 3 atom stereocenters. The molecule has 0 aliphatic carbocycles. The van der Waals surface area contributed by atoms with Gasteiger partial charge in [-0.3, -0.25) is 4.79 Å². The van der Waals surface area contributed by atoms with Gasteiger partial charge in [0.25, 0.3) is 5.91 Å². The average Bonchev–Trinajstić information content (AvgIpc) is 3.68. The molecule has 2 amide bonds. The normalized spacial score (nSPS) is 21.9. The molecule has 2 aromatic carbocycles. The second-order valence-electron chi connectivity index (χ2n) is 12.5. The number of fused-ring (bicyclic) bond motifs is 9. The van der Waals surface area contributed by atoms with E-state index >= 15 is 0 Å². The smallest absolute Gasteiger partial charge is 0.407 e. The van der Waals surface area contributed by atoms with E-state index in [0.29, 0.717) is 47.9 Å². The van der Waals surface area contributed by atoms with Gasteiger partial charge in [-0.1, -0.05) is 18.1 Å². The fraction of sp³-hybridized carbons (Fsp3) is 0.382. The van der Waals surface area contributed by atoms with Crippen LogP contribution in [0.5, 0.6) is 0 Å². The highest BCUT2D eigenvalue weighted by atomic mass is 16.6. The fourth-order valence-corrected chi connectivity index (χ4v) is 6.54. The molecule has 10 nitrogen and oxygen atoms in total. The molecule has 0 radical (unpaired) electrons. The lowest BCUT2D eigenvalue weighted by Crippen LogP contribution is -2.40. The molecule has 10 heteroatoms. The number of hydrogen-bond acceptors (Lipinski definition) is 7. The summed E-state index contributed by atoms with van der Waals surface area (Å²) in [6, 6.07) is 10.1. The molecule has 1 saturated heterocycles. The summed E-state index contributed by atoms with van der Waals surface area (Å²) in [7, 11) is 0. The summed E-state index contributed by atoms with van der Waals surface area (Å²) in [4.78, 5) is 43.2. The Kier molecular flexibility index (Phi) is 5.78. The molecule has 0 saturated carbocycles. The van der Waals surface area contributed by atoms with Crippen LogP contribution >= 0.6 is 0 Å². The van der Waals surface area contributed by atoms with E-state index in [1.165, 1.54) is 0 Å². The Morgan fingerprint density at radius 3 is 2.70 bits per heavy atom. The van der Waals surface area contributed by atoms with Crippen LogP contribution in [0, 0.1) is 11.8 Å². The maximum Gasteiger partial charge on any atom is 0.407 e. The van der Waals surface area contributed by atoms with E-state index < -0.39 is 30.6 Å². The highest BCUT2D eigenvalue weighted by molar-refractivity contribution is 5.98. The van der Waals surface area contributed by atoms with E-state index in [0.717, 1.165) is 33.5 Å². The molecule has 7 rings (SSSR count). The van der Waals surface area contributed by atoms with Crippen LogP contribution in [0.4, 0.5) is 10.7 Å². The van der Waals surface area contributed by atoms with Gasteiger partial charge in [0, 0.05) is 65.2 Å². The van der Waals surface area contributed by atoms with Gasteiger partial charge in [0.1, 0.15) is 11.4 Å². The number of rotatable bonds is 3. The van der Waals surface area contributed by atoms with Gasteiger partial charge in [-0.05, 0) is 63.9 Å². The van der Waals surface area contributed by atoms with Crippen molar-refractivity contribution < 1.29 is 18.4 Å². The highest BCUT2D eigenvalue weighted by Crippen LogP contribution is 2.48. The number of anilines is 1. The maximum atomic E-state index is 13.8. The van der Waals surface area contributed by atoms with Crippen molar-refractivity contribution in [2.24, 2.45) is 0 Å². The van der Waals surface area contributed by atoms with Gasteiger partial charge in [-0.2, -0.15) is 0 Å². The molecule has 2 bridgehead atoms. The van der Waals surface area contributed by atoms with Gasteiger partial charge >= 0.3 is 6.09 Å². The van der Waals surface area contributed by atoms with E-state index in [9.17, 15) is 9.59 Å². The number of carbonyl (C=O) groups is 2. The second kappa shape index (κ2) is 10.4. The van der Waals surface area contributed by atoms with E-state index in [-0.39, 0.29) is 12.1 Å². The van der Waals surface area contributed by atoms with Crippen LogP contribution in [-0.2, 0) is 4.74 Å². The van der Waals surface area contributed by atoms with E-state index in [1.807, 2.05) is 49.9 Å².